The highest BCUT2D eigenvalue weighted by molar-refractivity contribution is 5.85. The van der Waals surface area contributed by atoms with Crippen LogP contribution in [0.25, 0.3) is 10.9 Å². The molecule has 4 nitrogen and oxygen atoms in total. The molecule has 0 aliphatic carbocycles. The van der Waals surface area contributed by atoms with Gasteiger partial charge in [-0.1, -0.05) is 24.3 Å². The molecule has 0 amide bonds. The average Bonchev–Trinajstić information content (AvgIpc) is 2.94. The lowest BCUT2D eigenvalue weighted by Crippen LogP contribution is -2.48. The molecule has 5 heteroatoms. The number of aromatic amines is 1. The maximum atomic E-state index is 9.49. The van der Waals surface area contributed by atoms with Gasteiger partial charge < -0.3 is 15.6 Å². The van der Waals surface area contributed by atoms with Crippen LogP contribution in [0.3, 0.4) is 0 Å². The van der Waals surface area contributed by atoms with Gasteiger partial charge in [-0.3, -0.25) is 4.90 Å². The van der Waals surface area contributed by atoms with E-state index < -0.39 is 0 Å². The molecule has 1 aromatic carbocycles. The summed E-state index contributed by atoms with van der Waals surface area (Å²) in [5.74, 6) is 1.41. The van der Waals surface area contributed by atoms with Gasteiger partial charge in [-0.2, -0.15) is 0 Å². The van der Waals surface area contributed by atoms with Crippen LogP contribution in [0.4, 0.5) is 0 Å². The Labute approximate surface area is 149 Å². The fourth-order valence-corrected chi connectivity index (χ4v) is 4.52. The molecule has 3 saturated heterocycles. The molecule has 2 aromatic rings. The van der Waals surface area contributed by atoms with Gasteiger partial charge >= 0.3 is 0 Å². The number of nitrogens with one attached hydrogen (secondary N) is 1. The van der Waals surface area contributed by atoms with E-state index in [1.54, 1.807) is 0 Å². The summed E-state index contributed by atoms with van der Waals surface area (Å²) in [6, 6.07) is 8.95. The highest BCUT2D eigenvalue weighted by atomic mass is 35.5. The minimum absolute atomic E-state index is 0. The molecule has 3 aliphatic heterocycles. The van der Waals surface area contributed by atoms with Crippen LogP contribution in [-0.4, -0.2) is 40.2 Å². The van der Waals surface area contributed by atoms with E-state index in [1.807, 2.05) is 0 Å². The highest BCUT2D eigenvalue weighted by Crippen LogP contribution is 2.45. The van der Waals surface area contributed by atoms with Crippen LogP contribution in [0.5, 0.6) is 0 Å². The molecule has 1 unspecified atom stereocenters. The second-order valence-electron chi connectivity index (χ2n) is 6.73. The van der Waals surface area contributed by atoms with Crippen molar-refractivity contribution >= 4 is 23.3 Å². The number of aromatic nitrogens is 1. The third-order valence-electron chi connectivity index (χ3n) is 5.65. The molecule has 4 heterocycles. The van der Waals surface area contributed by atoms with Crippen molar-refractivity contribution in [3.05, 3.63) is 48.2 Å². The standard InChI is InChI=1S/C19H24N2O.ClH.H2O/c1-2-13-12-21-9-7-14(13)11-18(21)19-16(8-10-22)15-5-3-4-6-17(15)20-19;;/h2-6,13-14,18,20,22H,1,7-12H2;1H;1H2/t13-,14-,18-;;/m0../s1. The second-order valence-corrected chi connectivity index (χ2v) is 6.73. The van der Waals surface area contributed by atoms with Crippen LogP contribution in [0.1, 0.15) is 30.1 Å². The van der Waals surface area contributed by atoms with Gasteiger partial charge in [0.25, 0.3) is 0 Å². The number of halogens is 1. The highest BCUT2D eigenvalue weighted by Gasteiger charge is 2.40. The van der Waals surface area contributed by atoms with Crippen molar-refractivity contribution in [2.45, 2.75) is 25.3 Å². The summed E-state index contributed by atoms with van der Waals surface area (Å²) in [6.07, 6.45) is 5.39. The topological polar surface area (TPSA) is 70.8 Å². The summed E-state index contributed by atoms with van der Waals surface area (Å²) in [7, 11) is 0. The normalized spacial score (nSPS) is 28.2. The smallest absolute Gasteiger partial charge is 0.0504 e. The molecule has 2 bridgehead atoms. The Morgan fingerprint density at radius 1 is 1.33 bits per heavy atom. The van der Waals surface area contributed by atoms with Crippen LogP contribution in [0, 0.1) is 11.8 Å². The van der Waals surface area contributed by atoms with E-state index in [0.717, 1.165) is 18.9 Å². The van der Waals surface area contributed by atoms with Crippen LogP contribution in [0.15, 0.2) is 36.9 Å². The predicted molar refractivity (Wildman–Crippen MR) is 101 cm³/mol. The second kappa shape index (κ2) is 7.70. The fourth-order valence-electron chi connectivity index (χ4n) is 4.52. The van der Waals surface area contributed by atoms with Gasteiger partial charge in [-0.25, -0.2) is 0 Å². The number of nitrogens with zero attached hydrogens (tertiary/aromatic N) is 1. The monoisotopic (exact) mass is 350 g/mol. The predicted octanol–water partition coefficient (Wildman–Crippen LogP) is 2.87. The lowest BCUT2D eigenvalue weighted by Gasteiger charge is -2.49. The number of hydrogen-bond donors (Lipinski definition) is 2. The molecular formula is C19H27ClN2O2. The van der Waals surface area contributed by atoms with Crippen molar-refractivity contribution in [1.82, 2.24) is 9.88 Å². The Hall–Kier alpha value is -1.33. The zero-order valence-electron chi connectivity index (χ0n) is 13.9. The maximum absolute atomic E-state index is 9.49. The number of para-hydroxylation sites is 1. The van der Waals surface area contributed by atoms with Crippen LogP contribution in [-0.2, 0) is 6.42 Å². The Morgan fingerprint density at radius 2 is 2.12 bits per heavy atom. The average molecular weight is 351 g/mol. The molecule has 4 N–H and O–H groups in total. The first-order valence-electron chi connectivity index (χ1n) is 8.38. The first-order chi connectivity index (χ1) is 10.8. The first kappa shape index (κ1) is 19.0. The molecule has 24 heavy (non-hydrogen) atoms. The zero-order valence-corrected chi connectivity index (χ0v) is 14.7. The molecule has 1 aromatic heterocycles. The lowest BCUT2D eigenvalue weighted by molar-refractivity contribution is 0.0163. The van der Waals surface area contributed by atoms with Crippen molar-refractivity contribution in [3.8, 4) is 0 Å². The van der Waals surface area contributed by atoms with Gasteiger partial charge in [0.2, 0.25) is 0 Å². The van der Waals surface area contributed by atoms with Crippen LogP contribution < -0.4 is 0 Å². The Morgan fingerprint density at radius 3 is 2.79 bits per heavy atom. The molecule has 5 rings (SSSR count). The van der Waals surface area contributed by atoms with Gasteiger partial charge in [-0.05, 0) is 49.3 Å². The molecule has 0 saturated carbocycles. The van der Waals surface area contributed by atoms with Crippen LogP contribution in [0.2, 0.25) is 0 Å². The van der Waals surface area contributed by atoms with Crippen molar-refractivity contribution in [2.24, 2.45) is 11.8 Å². The third kappa shape index (κ3) is 3.00. The van der Waals surface area contributed by atoms with Gasteiger partial charge in [0.15, 0.2) is 0 Å². The summed E-state index contributed by atoms with van der Waals surface area (Å²) in [4.78, 5) is 6.27. The van der Waals surface area contributed by atoms with E-state index >= 15 is 0 Å². The number of fused-ring (bicyclic) bond motifs is 4. The van der Waals surface area contributed by atoms with Crippen LogP contribution >= 0.6 is 12.4 Å². The first-order valence-corrected chi connectivity index (χ1v) is 8.38. The van der Waals surface area contributed by atoms with Gasteiger partial charge in [0, 0.05) is 29.7 Å². The summed E-state index contributed by atoms with van der Waals surface area (Å²) >= 11 is 0. The third-order valence-corrected chi connectivity index (χ3v) is 5.65. The molecule has 0 radical (unpaired) electrons. The summed E-state index contributed by atoms with van der Waals surface area (Å²) in [5.41, 5.74) is 3.84. The van der Waals surface area contributed by atoms with Crippen molar-refractivity contribution in [1.29, 1.82) is 0 Å². The Balaban J connectivity index is 0.00000104. The lowest BCUT2D eigenvalue weighted by atomic mass is 9.74. The molecule has 132 valence electrons. The van der Waals surface area contributed by atoms with E-state index in [4.69, 9.17) is 0 Å². The van der Waals surface area contributed by atoms with E-state index in [1.165, 1.54) is 41.5 Å². The summed E-state index contributed by atoms with van der Waals surface area (Å²) in [5, 5.41) is 10.8. The van der Waals surface area contributed by atoms with Crippen molar-refractivity contribution < 1.29 is 10.6 Å². The summed E-state index contributed by atoms with van der Waals surface area (Å²) in [6.45, 7) is 6.54. The van der Waals surface area contributed by atoms with E-state index in [0.29, 0.717) is 12.0 Å². The molecular weight excluding hydrogens is 324 g/mol. The number of piperidine rings is 3. The number of H-pyrrole nitrogens is 1. The number of benzene rings is 1. The number of hydrogen-bond acceptors (Lipinski definition) is 2. The largest absolute Gasteiger partial charge is 0.412 e. The maximum Gasteiger partial charge on any atom is 0.0504 e. The zero-order chi connectivity index (χ0) is 15.1. The molecule has 4 atom stereocenters. The van der Waals surface area contributed by atoms with E-state index in [9.17, 15) is 5.11 Å². The van der Waals surface area contributed by atoms with E-state index in [-0.39, 0.29) is 24.5 Å². The fraction of sp³-hybridized carbons (Fsp3) is 0.474. The minimum atomic E-state index is 0. The van der Waals surface area contributed by atoms with Gasteiger partial charge in [0.1, 0.15) is 0 Å². The molecule has 0 spiro atoms. The molecule has 3 fully saturated rings. The van der Waals surface area contributed by atoms with E-state index in [2.05, 4.69) is 46.8 Å². The van der Waals surface area contributed by atoms with Crippen molar-refractivity contribution in [3.63, 3.8) is 0 Å². The minimum Gasteiger partial charge on any atom is -0.412 e. The number of aliphatic hydroxyl groups excluding tert-OH is 1. The van der Waals surface area contributed by atoms with Gasteiger partial charge in [0.05, 0.1) is 6.04 Å². The van der Waals surface area contributed by atoms with Gasteiger partial charge in [-0.15, -0.1) is 19.0 Å². The van der Waals surface area contributed by atoms with Crippen molar-refractivity contribution in [2.75, 3.05) is 19.7 Å². The number of aliphatic hydroxyl groups is 1. The number of rotatable bonds is 4. The SMILES string of the molecule is C=C[C@H]1CN2CC[C@H]1C[C@H]2c1[nH]c2ccccc2c1CCO.Cl.O. The Bertz CT molecular complexity index is 700. The summed E-state index contributed by atoms with van der Waals surface area (Å²) < 4.78 is 0. The Kier molecular flexibility index (Phi) is 6.10. The quantitative estimate of drug-likeness (QED) is 0.832. The molecule has 3 aliphatic rings.